The molecule has 0 saturated heterocycles. The molecule has 0 spiro atoms. The summed E-state index contributed by atoms with van der Waals surface area (Å²) in [5.41, 5.74) is 1.16. The Morgan fingerprint density at radius 3 is 2.57 bits per heavy atom. The van der Waals surface area contributed by atoms with E-state index in [4.69, 9.17) is 0 Å². The van der Waals surface area contributed by atoms with Gasteiger partial charge in [-0.25, -0.2) is 0 Å². The molecular formula is C17H26N2O2. The molecule has 21 heavy (non-hydrogen) atoms. The minimum Gasteiger partial charge on any atom is -0.395 e. The molecule has 3 N–H and O–H groups in total. The van der Waals surface area contributed by atoms with Gasteiger partial charge in [0, 0.05) is 12.1 Å². The number of carbonyl (C=O) groups excluding carboxylic acids is 1. The van der Waals surface area contributed by atoms with Crippen LogP contribution >= 0.6 is 0 Å². The second kappa shape index (κ2) is 8.15. The fourth-order valence-electron chi connectivity index (χ4n) is 2.90. The van der Waals surface area contributed by atoms with Crippen LogP contribution in [0, 0.1) is 0 Å². The lowest BCUT2D eigenvalue weighted by Crippen LogP contribution is -2.50. The molecule has 1 aromatic carbocycles. The number of nitrogens with one attached hydrogen (secondary N) is 2. The molecule has 1 aliphatic carbocycles. The maximum Gasteiger partial charge on any atom is 0.237 e. The van der Waals surface area contributed by atoms with Crippen molar-refractivity contribution in [2.75, 3.05) is 6.61 Å². The fraction of sp³-hybridized carbons (Fsp3) is 0.588. The largest absolute Gasteiger partial charge is 0.395 e. The van der Waals surface area contributed by atoms with Crippen LogP contribution in [0.2, 0.25) is 0 Å². The zero-order valence-corrected chi connectivity index (χ0v) is 12.7. The van der Waals surface area contributed by atoms with Crippen molar-refractivity contribution in [2.24, 2.45) is 0 Å². The van der Waals surface area contributed by atoms with Crippen LogP contribution in [-0.4, -0.2) is 35.7 Å². The van der Waals surface area contributed by atoms with E-state index in [1.807, 2.05) is 37.3 Å². The van der Waals surface area contributed by atoms with Gasteiger partial charge in [-0.1, -0.05) is 43.2 Å². The normalized spacial score (nSPS) is 18.4. The molecule has 2 rings (SSSR count). The predicted molar refractivity (Wildman–Crippen MR) is 84.0 cm³/mol. The smallest absolute Gasteiger partial charge is 0.237 e. The summed E-state index contributed by atoms with van der Waals surface area (Å²) in [6.07, 6.45) is 5.32. The van der Waals surface area contributed by atoms with E-state index < -0.39 is 0 Å². The molecule has 116 valence electrons. The van der Waals surface area contributed by atoms with Crippen LogP contribution in [0.5, 0.6) is 0 Å². The second-order valence-corrected chi connectivity index (χ2v) is 5.95. The first-order valence-corrected chi connectivity index (χ1v) is 7.90. The number of rotatable bonds is 7. The van der Waals surface area contributed by atoms with Gasteiger partial charge in [-0.3, -0.25) is 4.79 Å². The van der Waals surface area contributed by atoms with Crippen LogP contribution in [0.15, 0.2) is 30.3 Å². The van der Waals surface area contributed by atoms with Gasteiger partial charge in [-0.2, -0.15) is 0 Å². The van der Waals surface area contributed by atoms with Crippen molar-refractivity contribution >= 4 is 5.91 Å². The van der Waals surface area contributed by atoms with E-state index >= 15 is 0 Å². The molecule has 0 aromatic heterocycles. The quantitative estimate of drug-likeness (QED) is 0.715. The number of benzene rings is 1. The molecule has 4 nitrogen and oxygen atoms in total. The second-order valence-electron chi connectivity index (χ2n) is 5.95. The average Bonchev–Trinajstić information content (AvgIpc) is 3.00. The molecule has 1 saturated carbocycles. The van der Waals surface area contributed by atoms with E-state index in [2.05, 4.69) is 10.6 Å². The Kier molecular flexibility index (Phi) is 6.21. The third-order valence-electron chi connectivity index (χ3n) is 4.13. The highest BCUT2D eigenvalue weighted by molar-refractivity contribution is 5.81. The van der Waals surface area contributed by atoms with Crippen molar-refractivity contribution in [3.05, 3.63) is 35.9 Å². The summed E-state index contributed by atoms with van der Waals surface area (Å²) in [5.74, 6) is 0.0356. The van der Waals surface area contributed by atoms with Crippen LogP contribution in [-0.2, 0) is 11.2 Å². The van der Waals surface area contributed by atoms with E-state index in [0.29, 0.717) is 6.04 Å². The minimum absolute atomic E-state index is 0.0238. The van der Waals surface area contributed by atoms with Crippen molar-refractivity contribution in [1.82, 2.24) is 10.6 Å². The predicted octanol–water partition coefficient (Wildman–Crippen LogP) is 1.63. The number of hydrogen-bond donors (Lipinski definition) is 3. The number of hydrogen-bond acceptors (Lipinski definition) is 3. The van der Waals surface area contributed by atoms with Crippen molar-refractivity contribution < 1.29 is 9.90 Å². The van der Waals surface area contributed by atoms with Crippen LogP contribution in [0.3, 0.4) is 0 Å². The SMILES string of the molecule is CC(NC(CO)Cc1ccccc1)C(=O)NC1CCCC1. The Bertz CT molecular complexity index is 430. The van der Waals surface area contributed by atoms with E-state index in [1.54, 1.807) is 0 Å². The molecule has 1 aliphatic rings. The van der Waals surface area contributed by atoms with Gasteiger partial charge in [-0.05, 0) is 31.7 Å². The van der Waals surface area contributed by atoms with Crippen molar-refractivity contribution in [2.45, 2.75) is 57.2 Å². The molecule has 0 radical (unpaired) electrons. The summed E-state index contributed by atoms with van der Waals surface area (Å²) in [6, 6.07) is 9.97. The Balaban J connectivity index is 1.81. The van der Waals surface area contributed by atoms with Gasteiger partial charge < -0.3 is 15.7 Å². The molecule has 0 aliphatic heterocycles. The highest BCUT2D eigenvalue weighted by Crippen LogP contribution is 2.17. The van der Waals surface area contributed by atoms with Crippen LogP contribution < -0.4 is 10.6 Å². The van der Waals surface area contributed by atoms with Gasteiger partial charge >= 0.3 is 0 Å². The molecule has 0 bridgehead atoms. The molecule has 1 aromatic rings. The Morgan fingerprint density at radius 1 is 1.29 bits per heavy atom. The maximum absolute atomic E-state index is 12.1. The zero-order chi connectivity index (χ0) is 15.1. The first-order chi connectivity index (χ1) is 10.2. The first kappa shape index (κ1) is 16.0. The van der Waals surface area contributed by atoms with E-state index in [1.165, 1.54) is 12.8 Å². The van der Waals surface area contributed by atoms with Crippen molar-refractivity contribution in [3.63, 3.8) is 0 Å². The Morgan fingerprint density at radius 2 is 1.95 bits per heavy atom. The van der Waals surface area contributed by atoms with Crippen LogP contribution in [0.1, 0.15) is 38.2 Å². The summed E-state index contributed by atoms with van der Waals surface area (Å²) in [5, 5.41) is 15.8. The molecule has 1 fully saturated rings. The van der Waals surface area contributed by atoms with Gasteiger partial charge in [0.15, 0.2) is 0 Å². The van der Waals surface area contributed by atoms with Crippen LogP contribution in [0.4, 0.5) is 0 Å². The zero-order valence-electron chi connectivity index (χ0n) is 12.7. The summed E-state index contributed by atoms with van der Waals surface area (Å²) in [6.45, 7) is 1.88. The number of aliphatic hydroxyl groups is 1. The van der Waals surface area contributed by atoms with Crippen molar-refractivity contribution in [1.29, 1.82) is 0 Å². The standard InChI is InChI=1S/C17H26N2O2/c1-13(17(21)19-15-9-5-6-10-15)18-16(12-20)11-14-7-3-2-4-8-14/h2-4,7-8,13,15-16,18,20H,5-6,9-12H2,1H3,(H,19,21). The molecule has 2 atom stereocenters. The van der Waals surface area contributed by atoms with E-state index in [9.17, 15) is 9.90 Å². The van der Waals surface area contributed by atoms with E-state index in [0.717, 1.165) is 24.8 Å². The number of amides is 1. The lowest BCUT2D eigenvalue weighted by molar-refractivity contribution is -0.123. The minimum atomic E-state index is -0.286. The fourth-order valence-corrected chi connectivity index (χ4v) is 2.90. The summed E-state index contributed by atoms with van der Waals surface area (Å²) >= 11 is 0. The lowest BCUT2D eigenvalue weighted by atomic mass is 10.1. The van der Waals surface area contributed by atoms with E-state index in [-0.39, 0.29) is 24.6 Å². The van der Waals surface area contributed by atoms with Gasteiger partial charge in [0.2, 0.25) is 5.91 Å². The molecule has 2 unspecified atom stereocenters. The summed E-state index contributed by atoms with van der Waals surface area (Å²) < 4.78 is 0. The van der Waals surface area contributed by atoms with Crippen molar-refractivity contribution in [3.8, 4) is 0 Å². The molecule has 1 amide bonds. The third-order valence-corrected chi connectivity index (χ3v) is 4.13. The Hall–Kier alpha value is -1.39. The molecular weight excluding hydrogens is 264 g/mol. The van der Waals surface area contributed by atoms with Gasteiger partial charge in [0.05, 0.1) is 12.6 Å². The maximum atomic E-state index is 12.1. The van der Waals surface area contributed by atoms with Gasteiger partial charge in [-0.15, -0.1) is 0 Å². The summed E-state index contributed by atoms with van der Waals surface area (Å²) in [4.78, 5) is 12.1. The lowest BCUT2D eigenvalue weighted by Gasteiger charge is -2.23. The molecule has 4 heteroatoms. The third kappa shape index (κ3) is 5.14. The summed E-state index contributed by atoms with van der Waals surface area (Å²) in [7, 11) is 0. The average molecular weight is 290 g/mol. The topological polar surface area (TPSA) is 61.4 Å². The van der Waals surface area contributed by atoms with Crippen LogP contribution in [0.25, 0.3) is 0 Å². The number of aliphatic hydroxyl groups excluding tert-OH is 1. The van der Waals surface area contributed by atoms with Gasteiger partial charge in [0.25, 0.3) is 0 Å². The highest BCUT2D eigenvalue weighted by atomic mass is 16.3. The molecule has 0 heterocycles. The highest BCUT2D eigenvalue weighted by Gasteiger charge is 2.22. The van der Waals surface area contributed by atoms with Gasteiger partial charge in [0.1, 0.15) is 0 Å². The number of carbonyl (C=O) groups is 1. The Labute approximate surface area is 126 Å². The first-order valence-electron chi connectivity index (χ1n) is 7.90. The monoisotopic (exact) mass is 290 g/mol.